The normalized spacial score (nSPS) is 20.3. The van der Waals surface area contributed by atoms with Crippen LogP contribution in [0.3, 0.4) is 0 Å². The number of amides is 2. The fraction of sp³-hybridized carbons (Fsp3) is 0.516. The van der Waals surface area contributed by atoms with E-state index in [0.717, 1.165) is 5.56 Å². The van der Waals surface area contributed by atoms with Crippen LogP contribution in [0.2, 0.25) is 0 Å². The van der Waals surface area contributed by atoms with Crippen molar-refractivity contribution in [3.8, 4) is 0 Å². The van der Waals surface area contributed by atoms with E-state index in [1.807, 2.05) is 56.0 Å². The molecule has 8 heteroatoms. The monoisotopic (exact) mass is 538 g/mol. The summed E-state index contributed by atoms with van der Waals surface area (Å²) in [5, 5.41) is 2.58. The minimum atomic E-state index is -0.641. The second-order valence-electron chi connectivity index (χ2n) is 11.6. The Morgan fingerprint density at radius 3 is 2.18 bits per heavy atom. The van der Waals surface area contributed by atoms with Gasteiger partial charge in [0, 0.05) is 24.7 Å². The zero-order chi connectivity index (χ0) is 28.0. The van der Waals surface area contributed by atoms with Gasteiger partial charge in [0.2, 0.25) is 5.91 Å². The number of carbonyl (C=O) groups is 3. The van der Waals surface area contributed by atoms with Gasteiger partial charge in [0.25, 0.3) is 0 Å². The van der Waals surface area contributed by atoms with Crippen molar-refractivity contribution < 1.29 is 28.2 Å². The van der Waals surface area contributed by atoms with E-state index in [1.54, 1.807) is 12.1 Å². The number of esters is 1. The van der Waals surface area contributed by atoms with E-state index in [2.05, 4.69) is 5.32 Å². The molecular formula is C31H39FN2O5. The van der Waals surface area contributed by atoms with Crippen LogP contribution in [0.25, 0.3) is 0 Å². The van der Waals surface area contributed by atoms with Crippen LogP contribution in [0.4, 0.5) is 14.9 Å². The highest BCUT2D eigenvalue weighted by atomic mass is 19.1. The van der Waals surface area contributed by atoms with Crippen LogP contribution in [0.15, 0.2) is 48.5 Å². The lowest BCUT2D eigenvalue weighted by Gasteiger charge is -2.36. The Hall–Kier alpha value is -3.42. The minimum absolute atomic E-state index is 0.0102. The molecule has 0 unspecified atom stereocenters. The fourth-order valence-corrected chi connectivity index (χ4v) is 5.44. The Morgan fingerprint density at radius 1 is 0.923 bits per heavy atom. The van der Waals surface area contributed by atoms with Crippen LogP contribution in [0.1, 0.15) is 76.3 Å². The summed E-state index contributed by atoms with van der Waals surface area (Å²) in [6.45, 7) is 6.90. The van der Waals surface area contributed by atoms with Crippen LogP contribution < -0.4 is 5.32 Å². The average Bonchev–Trinajstić information content (AvgIpc) is 2.91. The molecule has 2 aliphatic rings. The van der Waals surface area contributed by atoms with E-state index in [-0.39, 0.29) is 42.1 Å². The van der Waals surface area contributed by atoms with Gasteiger partial charge >= 0.3 is 12.1 Å². The van der Waals surface area contributed by atoms with Crippen LogP contribution in [0, 0.1) is 17.7 Å². The van der Waals surface area contributed by atoms with Crippen molar-refractivity contribution in [2.45, 2.75) is 77.4 Å². The first-order valence-corrected chi connectivity index (χ1v) is 13.9. The highest BCUT2D eigenvalue weighted by Gasteiger charge is 2.35. The lowest BCUT2D eigenvalue weighted by molar-refractivity contribution is -0.162. The first kappa shape index (κ1) is 28.6. The summed E-state index contributed by atoms with van der Waals surface area (Å²) >= 11 is 0. The molecule has 4 rings (SSSR count). The molecule has 0 aromatic heterocycles. The molecule has 2 aromatic rings. The van der Waals surface area contributed by atoms with Gasteiger partial charge in [0.15, 0.2) is 0 Å². The van der Waals surface area contributed by atoms with E-state index >= 15 is 0 Å². The van der Waals surface area contributed by atoms with Crippen molar-refractivity contribution in [3.63, 3.8) is 0 Å². The first-order chi connectivity index (χ1) is 18.6. The fourth-order valence-electron chi connectivity index (χ4n) is 5.44. The molecule has 0 atom stereocenters. The molecular weight excluding hydrogens is 499 g/mol. The van der Waals surface area contributed by atoms with Gasteiger partial charge in [-0.2, -0.15) is 0 Å². The van der Waals surface area contributed by atoms with Gasteiger partial charge in [-0.15, -0.1) is 0 Å². The molecule has 1 aliphatic heterocycles. The summed E-state index contributed by atoms with van der Waals surface area (Å²) in [6, 6.07) is 14.0. The van der Waals surface area contributed by atoms with E-state index in [0.29, 0.717) is 62.9 Å². The summed E-state index contributed by atoms with van der Waals surface area (Å²) in [4.78, 5) is 39.5. The number of rotatable bonds is 6. The van der Waals surface area contributed by atoms with E-state index in [1.165, 1.54) is 6.07 Å². The minimum Gasteiger partial charge on any atom is -0.460 e. The lowest BCUT2D eigenvalue weighted by Crippen LogP contribution is -2.43. The highest BCUT2D eigenvalue weighted by Crippen LogP contribution is 2.35. The summed E-state index contributed by atoms with van der Waals surface area (Å²) < 4.78 is 25.7. The molecule has 0 spiro atoms. The SMILES string of the molecule is CC(C)(C)OC(=O)C1CCC(C(=O)N2CCC(c3ccc(NC(=O)OCc4ccccc4)cc3F)CC2)CC1. The number of halogens is 1. The number of carbonyl (C=O) groups excluding carboxylic acids is 3. The Bertz CT molecular complexity index is 1150. The van der Waals surface area contributed by atoms with Crippen molar-refractivity contribution in [2.75, 3.05) is 18.4 Å². The molecule has 0 radical (unpaired) electrons. The van der Waals surface area contributed by atoms with Crippen LogP contribution in [-0.4, -0.2) is 41.6 Å². The summed E-state index contributed by atoms with van der Waals surface area (Å²) in [7, 11) is 0. The summed E-state index contributed by atoms with van der Waals surface area (Å²) in [5.41, 5.74) is 1.30. The highest BCUT2D eigenvalue weighted by molar-refractivity contribution is 5.84. The molecule has 2 aromatic carbocycles. The summed E-state index contributed by atoms with van der Waals surface area (Å²) in [5.74, 6) is -0.585. The van der Waals surface area contributed by atoms with Crippen molar-refractivity contribution >= 4 is 23.7 Å². The molecule has 2 amide bonds. The van der Waals surface area contributed by atoms with E-state index in [9.17, 15) is 18.8 Å². The smallest absolute Gasteiger partial charge is 0.411 e. The number of benzene rings is 2. The van der Waals surface area contributed by atoms with Gasteiger partial charge in [-0.25, -0.2) is 9.18 Å². The van der Waals surface area contributed by atoms with Gasteiger partial charge in [0.05, 0.1) is 5.92 Å². The largest absolute Gasteiger partial charge is 0.460 e. The third-order valence-electron chi connectivity index (χ3n) is 7.52. The maximum Gasteiger partial charge on any atom is 0.411 e. The quantitative estimate of drug-likeness (QED) is 0.429. The molecule has 2 fully saturated rings. The number of hydrogen-bond donors (Lipinski definition) is 1. The van der Waals surface area contributed by atoms with Gasteiger partial charge in [-0.3, -0.25) is 14.9 Å². The van der Waals surface area contributed by atoms with E-state index in [4.69, 9.17) is 9.47 Å². The Kier molecular flexibility index (Phi) is 9.25. The number of nitrogens with zero attached hydrogens (tertiary/aromatic N) is 1. The third kappa shape index (κ3) is 8.04. The second kappa shape index (κ2) is 12.6. The molecule has 7 nitrogen and oxygen atoms in total. The van der Waals surface area contributed by atoms with Gasteiger partial charge in [0.1, 0.15) is 18.0 Å². The van der Waals surface area contributed by atoms with Crippen LogP contribution >= 0.6 is 0 Å². The van der Waals surface area contributed by atoms with Crippen LogP contribution in [0.5, 0.6) is 0 Å². The number of anilines is 1. The van der Waals surface area contributed by atoms with Gasteiger partial charge in [-0.1, -0.05) is 36.4 Å². The average molecular weight is 539 g/mol. The molecule has 0 bridgehead atoms. The van der Waals surface area contributed by atoms with Crippen molar-refractivity contribution in [2.24, 2.45) is 11.8 Å². The number of nitrogens with one attached hydrogen (secondary N) is 1. The zero-order valence-electron chi connectivity index (χ0n) is 23.1. The van der Waals surface area contributed by atoms with Crippen molar-refractivity contribution in [3.05, 3.63) is 65.5 Å². The third-order valence-corrected chi connectivity index (χ3v) is 7.52. The summed E-state index contributed by atoms with van der Waals surface area (Å²) in [6.07, 6.45) is 3.46. The first-order valence-electron chi connectivity index (χ1n) is 13.9. The number of likely N-dealkylation sites (tertiary alicyclic amines) is 1. The Balaban J connectivity index is 1.22. The molecule has 1 saturated carbocycles. The van der Waals surface area contributed by atoms with Crippen molar-refractivity contribution in [1.82, 2.24) is 4.90 Å². The Morgan fingerprint density at radius 2 is 1.56 bits per heavy atom. The lowest BCUT2D eigenvalue weighted by atomic mass is 9.80. The Labute approximate surface area is 230 Å². The topological polar surface area (TPSA) is 84.9 Å². The molecule has 1 aliphatic carbocycles. The zero-order valence-corrected chi connectivity index (χ0v) is 23.1. The molecule has 1 N–H and O–H groups in total. The number of piperidine rings is 1. The van der Waals surface area contributed by atoms with Gasteiger partial charge < -0.3 is 14.4 Å². The molecule has 1 saturated heterocycles. The molecule has 1 heterocycles. The standard InChI is InChI=1S/C31H39FN2O5/c1-31(2,3)39-29(36)24-11-9-23(10-12-24)28(35)34-17-15-22(16-18-34)26-14-13-25(19-27(26)32)33-30(37)38-20-21-7-5-4-6-8-21/h4-8,13-14,19,22-24H,9-12,15-18,20H2,1-3H3,(H,33,37). The maximum atomic E-state index is 15.0. The molecule has 210 valence electrons. The second-order valence-corrected chi connectivity index (χ2v) is 11.6. The van der Waals surface area contributed by atoms with Crippen LogP contribution in [-0.2, 0) is 25.7 Å². The van der Waals surface area contributed by atoms with Gasteiger partial charge in [-0.05, 0) is 88.5 Å². The maximum absolute atomic E-state index is 15.0. The predicted octanol–water partition coefficient (Wildman–Crippen LogP) is 6.43. The van der Waals surface area contributed by atoms with Crippen molar-refractivity contribution in [1.29, 1.82) is 0 Å². The number of ether oxygens (including phenoxy) is 2. The predicted molar refractivity (Wildman–Crippen MR) is 146 cm³/mol. The number of hydrogen-bond acceptors (Lipinski definition) is 5. The molecule has 39 heavy (non-hydrogen) atoms. The van der Waals surface area contributed by atoms with E-state index < -0.39 is 11.7 Å².